The number of hydrogen-bond donors (Lipinski definition) is 2. The van der Waals surface area contributed by atoms with Crippen molar-refractivity contribution in [1.82, 2.24) is 15.1 Å². The van der Waals surface area contributed by atoms with Crippen LogP contribution in [-0.4, -0.2) is 88.6 Å². The van der Waals surface area contributed by atoms with Crippen LogP contribution in [0.1, 0.15) is 64.0 Å². The summed E-state index contributed by atoms with van der Waals surface area (Å²) in [6.07, 6.45) is 4.81. The van der Waals surface area contributed by atoms with E-state index in [0.29, 0.717) is 44.2 Å². The van der Waals surface area contributed by atoms with E-state index in [1.807, 2.05) is 44.2 Å². The summed E-state index contributed by atoms with van der Waals surface area (Å²) in [5.41, 5.74) is -0.427. The van der Waals surface area contributed by atoms with Crippen molar-refractivity contribution in [2.45, 2.75) is 82.3 Å². The topological polar surface area (TPSA) is 125 Å². The highest BCUT2D eigenvalue weighted by molar-refractivity contribution is 5.98. The number of aliphatic hydroxyl groups is 1. The zero-order valence-corrected chi connectivity index (χ0v) is 25.3. The Balaban J connectivity index is 1.62. The molecule has 0 aliphatic carbocycles. The van der Waals surface area contributed by atoms with Crippen molar-refractivity contribution in [3.63, 3.8) is 0 Å². The summed E-state index contributed by atoms with van der Waals surface area (Å²) in [7, 11) is 0. The largest absolute Gasteiger partial charge is 0.455 e. The minimum Gasteiger partial charge on any atom is -0.455 e. The number of amides is 3. The number of rotatable bonds is 16. The number of carbonyl (C=O) groups is 4. The van der Waals surface area contributed by atoms with Gasteiger partial charge in [0.25, 0.3) is 0 Å². The number of likely N-dealkylation sites (tertiary alicyclic amines) is 1. The van der Waals surface area contributed by atoms with Gasteiger partial charge < -0.3 is 29.7 Å². The average Bonchev–Trinajstić information content (AvgIpc) is 3.64. The lowest BCUT2D eigenvalue weighted by Gasteiger charge is -2.38. The number of nitrogens with one attached hydrogen (secondary N) is 1. The number of hydrogen-bond acceptors (Lipinski definition) is 7. The fourth-order valence-electron chi connectivity index (χ4n) is 6.83. The predicted octanol–water partition coefficient (Wildman–Crippen LogP) is 2.92. The van der Waals surface area contributed by atoms with Gasteiger partial charge in [-0.2, -0.15) is 0 Å². The Morgan fingerprint density at radius 1 is 1.21 bits per heavy atom. The molecule has 1 aromatic rings. The van der Waals surface area contributed by atoms with Crippen molar-refractivity contribution in [3.8, 4) is 0 Å². The molecular weight excluding hydrogens is 550 g/mol. The van der Waals surface area contributed by atoms with Crippen LogP contribution in [0.25, 0.3) is 0 Å². The number of ether oxygens (including phenoxy) is 2. The minimum absolute atomic E-state index is 0.0255. The smallest absolute Gasteiger partial charge is 0.313 e. The molecule has 6 atom stereocenters. The number of unbranched alkanes of at least 4 members (excludes halogenated alkanes) is 1. The molecule has 4 rings (SSSR count). The van der Waals surface area contributed by atoms with Gasteiger partial charge in [-0.15, -0.1) is 13.2 Å². The Bertz CT molecular complexity index is 1190. The summed E-state index contributed by atoms with van der Waals surface area (Å²) in [4.78, 5) is 57.8. The highest BCUT2D eigenvalue weighted by Crippen LogP contribution is 2.59. The summed E-state index contributed by atoms with van der Waals surface area (Å²) < 4.78 is 12.6. The van der Waals surface area contributed by atoms with Crippen molar-refractivity contribution >= 4 is 23.7 Å². The Hall–Kier alpha value is -3.50. The van der Waals surface area contributed by atoms with E-state index in [1.54, 1.807) is 22.0 Å². The van der Waals surface area contributed by atoms with Gasteiger partial charge in [-0.1, -0.05) is 42.5 Å². The molecule has 1 aromatic carbocycles. The van der Waals surface area contributed by atoms with Crippen molar-refractivity contribution in [2.24, 2.45) is 11.8 Å². The standard InChI is InChI=1S/C33H45N3O7/c1-5-7-15-26(38)34-21-25(23-13-9-8-10-14-23)42-32(41)27-24-16-17-33(43-24)28(27)30(39)36(19-11-12-20-37)29(33)31(40)35(18-6-2)22(3)4/h5-6,8-10,13-14,22,24-25,27-29,37H,1-2,7,11-12,15-21H2,3-4H3,(H,34,38)/t24-,25-,27+,28+,29-,33+/m1/s1. The average molecular weight is 596 g/mol. The first-order chi connectivity index (χ1) is 20.7. The van der Waals surface area contributed by atoms with Gasteiger partial charge in [0.2, 0.25) is 17.7 Å². The highest BCUT2D eigenvalue weighted by atomic mass is 16.6. The summed E-state index contributed by atoms with van der Waals surface area (Å²) in [6, 6.07) is 8.14. The molecule has 3 amide bonds. The van der Waals surface area contributed by atoms with E-state index < -0.39 is 41.7 Å². The second kappa shape index (κ2) is 14.3. The highest BCUT2D eigenvalue weighted by Gasteiger charge is 2.75. The van der Waals surface area contributed by atoms with Crippen molar-refractivity contribution in [2.75, 3.05) is 26.2 Å². The third-order valence-corrected chi connectivity index (χ3v) is 8.84. The maximum atomic E-state index is 14.1. The van der Waals surface area contributed by atoms with Crippen molar-refractivity contribution in [1.29, 1.82) is 0 Å². The quantitative estimate of drug-likeness (QED) is 0.171. The molecule has 2 N–H and O–H groups in total. The Kier molecular flexibility index (Phi) is 10.8. The van der Waals surface area contributed by atoms with Crippen LogP contribution in [0, 0.1) is 11.8 Å². The van der Waals surface area contributed by atoms with E-state index in [2.05, 4.69) is 18.5 Å². The van der Waals surface area contributed by atoms with Gasteiger partial charge in [0.1, 0.15) is 17.7 Å². The molecule has 0 unspecified atom stereocenters. The molecule has 3 aliphatic heterocycles. The molecule has 234 valence electrons. The molecule has 43 heavy (non-hydrogen) atoms. The summed E-state index contributed by atoms with van der Waals surface area (Å²) in [6.45, 7) is 11.9. The Labute approximate surface area is 254 Å². The Morgan fingerprint density at radius 2 is 1.95 bits per heavy atom. The van der Waals surface area contributed by atoms with Crippen LogP contribution >= 0.6 is 0 Å². The molecule has 3 saturated heterocycles. The zero-order valence-electron chi connectivity index (χ0n) is 25.3. The summed E-state index contributed by atoms with van der Waals surface area (Å²) in [5, 5.41) is 12.2. The minimum atomic E-state index is -1.14. The molecule has 10 nitrogen and oxygen atoms in total. The van der Waals surface area contributed by atoms with Gasteiger partial charge in [-0.05, 0) is 51.5 Å². The molecule has 2 bridgehead atoms. The lowest BCUT2D eigenvalue weighted by Crippen LogP contribution is -2.57. The first-order valence-corrected chi connectivity index (χ1v) is 15.3. The Morgan fingerprint density at radius 3 is 2.60 bits per heavy atom. The third kappa shape index (κ3) is 6.55. The van der Waals surface area contributed by atoms with Crippen LogP contribution in [0.3, 0.4) is 0 Å². The number of esters is 1. The molecule has 1 spiro atoms. The van der Waals surface area contributed by atoms with Gasteiger partial charge in [-0.3, -0.25) is 19.2 Å². The predicted molar refractivity (Wildman–Crippen MR) is 160 cm³/mol. The van der Waals surface area contributed by atoms with E-state index >= 15 is 0 Å². The molecule has 0 aromatic heterocycles. The summed E-state index contributed by atoms with van der Waals surface area (Å²) >= 11 is 0. The molecule has 3 heterocycles. The maximum Gasteiger partial charge on any atom is 0.313 e. The first kappa shape index (κ1) is 32.4. The molecule has 3 fully saturated rings. The van der Waals surface area contributed by atoms with Gasteiger partial charge in [0.15, 0.2) is 0 Å². The number of nitrogens with zero attached hydrogens (tertiary/aromatic N) is 2. The van der Waals surface area contributed by atoms with E-state index in [0.717, 1.165) is 0 Å². The lowest BCUT2D eigenvalue weighted by molar-refractivity contribution is -0.160. The molecular formula is C33H45N3O7. The van der Waals surface area contributed by atoms with Crippen LogP contribution in [0.5, 0.6) is 0 Å². The number of benzene rings is 1. The SMILES string of the molecule is C=CCCC(=O)NC[C@@H](OC(=O)[C@@H]1[C@H]2C(=O)N(CCCCO)[C@H](C(=O)N(CC=C)C(C)C)[C@]23CC[C@H]1O3)c1ccccc1. The first-order valence-electron chi connectivity index (χ1n) is 15.3. The second-order valence-electron chi connectivity index (χ2n) is 11.9. The van der Waals surface area contributed by atoms with Crippen LogP contribution < -0.4 is 5.32 Å². The van der Waals surface area contributed by atoms with Gasteiger partial charge >= 0.3 is 5.97 Å². The molecule has 10 heteroatoms. The van der Waals surface area contributed by atoms with E-state index in [1.165, 1.54) is 0 Å². The molecule has 0 radical (unpaired) electrons. The zero-order chi connectivity index (χ0) is 31.1. The van der Waals surface area contributed by atoms with Crippen molar-refractivity contribution < 1.29 is 33.8 Å². The number of aliphatic hydroxyl groups excluding tert-OH is 1. The fourth-order valence-corrected chi connectivity index (χ4v) is 6.83. The lowest BCUT2D eigenvalue weighted by atomic mass is 9.70. The van der Waals surface area contributed by atoms with Crippen LogP contribution in [0.15, 0.2) is 55.6 Å². The van der Waals surface area contributed by atoms with Gasteiger partial charge in [0, 0.05) is 32.2 Å². The van der Waals surface area contributed by atoms with Crippen LogP contribution in [-0.2, 0) is 28.7 Å². The van der Waals surface area contributed by atoms with E-state index in [4.69, 9.17) is 9.47 Å². The van der Waals surface area contributed by atoms with Gasteiger partial charge in [0.05, 0.1) is 24.5 Å². The monoisotopic (exact) mass is 595 g/mol. The van der Waals surface area contributed by atoms with Gasteiger partial charge in [-0.25, -0.2) is 0 Å². The molecule has 0 saturated carbocycles. The number of carbonyl (C=O) groups excluding carboxylic acids is 4. The molecule has 3 aliphatic rings. The van der Waals surface area contributed by atoms with E-state index in [-0.39, 0.29) is 49.9 Å². The summed E-state index contributed by atoms with van der Waals surface area (Å²) in [5.74, 6) is -3.02. The van der Waals surface area contributed by atoms with Crippen molar-refractivity contribution in [3.05, 3.63) is 61.2 Å². The van der Waals surface area contributed by atoms with Crippen LogP contribution in [0.4, 0.5) is 0 Å². The third-order valence-electron chi connectivity index (χ3n) is 8.84. The maximum absolute atomic E-state index is 14.1. The number of allylic oxidation sites excluding steroid dienone is 1. The normalized spacial score (nSPS) is 26.2. The van der Waals surface area contributed by atoms with E-state index in [9.17, 15) is 24.3 Å². The second-order valence-corrected chi connectivity index (χ2v) is 11.9. The fraction of sp³-hybridized carbons (Fsp3) is 0.576. The van der Waals surface area contributed by atoms with Crippen LogP contribution in [0.2, 0.25) is 0 Å². The number of fused-ring (bicyclic) bond motifs is 1.